The monoisotopic (exact) mass is 194 g/mol. The van der Waals surface area contributed by atoms with Gasteiger partial charge < -0.3 is 0 Å². The van der Waals surface area contributed by atoms with E-state index in [-0.39, 0.29) is 11.2 Å². The van der Waals surface area contributed by atoms with Gasteiger partial charge in [-0.25, -0.2) is 0 Å². The fourth-order valence-electron chi connectivity index (χ4n) is 1.77. The van der Waals surface area contributed by atoms with E-state index < -0.39 is 0 Å². The van der Waals surface area contributed by atoms with Gasteiger partial charge in [-0.3, -0.25) is 4.79 Å². The number of allylic oxidation sites excluding steroid dienone is 3. The Hall–Kier alpha value is -0.850. The van der Waals surface area contributed by atoms with Crippen LogP contribution in [0.15, 0.2) is 23.8 Å². The third-order valence-corrected chi connectivity index (χ3v) is 2.13. The zero-order valence-electron chi connectivity index (χ0n) is 10.1. The molecule has 0 aliphatic carbocycles. The number of carbonyl (C=O) groups is 1. The van der Waals surface area contributed by atoms with Crippen molar-refractivity contribution < 1.29 is 4.79 Å². The second-order valence-electron chi connectivity index (χ2n) is 4.73. The molecule has 14 heavy (non-hydrogen) atoms. The van der Waals surface area contributed by atoms with Crippen LogP contribution in [-0.2, 0) is 4.79 Å². The molecule has 1 heteroatoms. The highest BCUT2D eigenvalue weighted by molar-refractivity contribution is 5.94. The summed E-state index contributed by atoms with van der Waals surface area (Å²) in [5.74, 6) is 0.236. The van der Waals surface area contributed by atoms with Crippen molar-refractivity contribution >= 4 is 5.78 Å². The second kappa shape index (κ2) is 5.14. The molecule has 0 heterocycles. The first-order chi connectivity index (χ1) is 6.28. The van der Waals surface area contributed by atoms with Crippen molar-refractivity contribution in [3.63, 3.8) is 0 Å². The molecule has 0 N–H and O–H groups in total. The number of ketones is 1. The van der Waals surface area contributed by atoms with Crippen molar-refractivity contribution in [1.82, 2.24) is 0 Å². The van der Waals surface area contributed by atoms with E-state index in [1.54, 1.807) is 0 Å². The van der Waals surface area contributed by atoms with E-state index in [4.69, 9.17) is 0 Å². The average molecular weight is 194 g/mol. The average Bonchev–Trinajstić information content (AvgIpc) is 1.99. The molecule has 0 amide bonds. The van der Waals surface area contributed by atoms with Crippen LogP contribution in [0.5, 0.6) is 0 Å². The highest BCUT2D eigenvalue weighted by Gasteiger charge is 2.16. The van der Waals surface area contributed by atoms with Crippen molar-refractivity contribution in [3.8, 4) is 0 Å². The molecular weight excluding hydrogens is 172 g/mol. The third-order valence-electron chi connectivity index (χ3n) is 2.13. The molecule has 0 rings (SSSR count). The molecule has 0 unspecified atom stereocenters. The molecule has 0 saturated heterocycles. The van der Waals surface area contributed by atoms with Crippen LogP contribution in [0.1, 0.15) is 47.5 Å². The predicted octanol–water partition coefficient (Wildman–Crippen LogP) is 3.90. The summed E-state index contributed by atoms with van der Waals surface area (Å²) in [5, 5.41) is 0. The van der Waals surface area contributed by atoms with Gasteiger partial charge in [0.05, 0.1) is 0 Å². The maximum atomic E-state index is 11.4. The van der Waals surface area contributed by atoms with Gasteiger partial charge in [0.15, 0.2) is 5.78 Å². The van der Waals surface area contributed by atoms with E-state index in [9.17, 15) is 4.79 Å². The first-order valence-corrected chi connectivity index (χ1v) is 5.15. The largest absolute Gasteiger partial charge is 0.295 e. The van der Waals surface area contributed by atoms with Gasteiger partial charge in [-0.05, 0) is 31.3 Å². The Labute approximate surface area is 87.9 Å². The molecule has 0 aromatic heterocycles. The highest BCUT2D eigenvalue weighted by atomic mass is 16.1. The van der Waals surface area contributed by atoms with Crippen molar-refractivity contribution in [1.29, 1.82) is 0 Å². The van der Waals surface area contributed by atoms with Crippen LogP contribution in [0.2, 0.25) is 0 Å². The van der Waals surface area contributed by atoms with Crippen LogP contribution in [0.3, 0.4) is 0 Å². The second-order valence-corrected chi connectivity index (χ2v) is 4.73. The molecule has 0 fully saturated rings. The summed E-state index contributed by atoms with van der Waals surface area (Å²) in [6.07, 6.45) is 3.58. The molecule has 0 atom stereocenters. The fourth-order valence-corrected chi connectivity index (χ4v) is 1.77. The molecule has 0 saturated carbocycles. The molecule has 0 aromatic carbocycles. The number of rotatable bonds is 5. The Morgan fingerprint density at radius 2 is 1.86 bits per heavy atom. The Bertz CT molecular complexity index is 256. The Kier molecular flexibility index (Phi) is 4.82. The third kappa shape index (κ3) is 5.00. The molecule has 0 bridgehead atoms. The van der Waals surface area contributed by atoms with Crippen LogP contribution in [0.4, 0.5) is 0 Å². The van der Waals surface area contributed by atoms with E-state index >= 15 is 0 Å². The summed E-state index contributed by atoms with van der Waals surface area (Å²) in [6.45, 7) is 14.0. The standard InChI is InChI=1S/C13H22O/c1-7-12(14)11(4)9-13(5,6)8-10(2)3/h9H,2,7-8H2,1,3-6H3. The van der Waals surface area contributed by atoms with Crippen LogP contribution in [0.25, 0.3) is 0 Å². The molecule has 0 aliphatic heterocycles. The summed E-state index contributed by atoms with van der Waals surface area (Å²) in [6, 6.07) is 0. The molecule has 80 valence electrons. The van der Waals surface area contributed by atoms with Gasteiger partial charge in [-0.15, -0.1) is 6.58 Å². The van der Waals surface area contributed by atoms with Crippen molar-refractivity contribution in [2.24, 2.45) is 5.41 Å². The lowest BCUT2D eigenvalue weighted by molar-refractivity contribution is -0.115. The smallest absolute Gasteiger partial charge is 0.158 e. The normalized spacial score (nSPS) is 12.8. The quantitative estimate of drug-likeness (QED) is 0.479. The molecule has 0 spiro atoms. The van der Waals surface area contributed by atoms with Gasteiger partial charge >= 0.3 is 0 Å². The Balaban J connectivity index is 4.60. The molecule has 0 radical (unpaired) electrons. The molecule has 0 aliphatic rings. The molecule has 0 aromatic rings. The van der Waals surface area contributed by atoms with E-state index in [0.717, 1.165) is 17.6 Å². The topological polar surface area (TPSA) is 17.1 Å². The molecule has 1 nitrogen and oxygen atoms in total. The summed E-state index contributed by atoms with van der Waals surface area (Å²) < 4.78 is 0. The van der Waals surface area contributed by atoms with Gasteiger partial charge in [0, 0.05) is 6.42 Å². The number of Topliss-reactive ketones (excluding diaryl/α,β-unsaturated/α-hetero) is 1. The van der Waals surface area contributed by atoms with E-state index in [1.807, 2.05) is 20.8 Å². The van der Waals surface area contributed by atoms with Crippen molar-refractivity contribution in [2.75, 3.05) is 0 Å². The Morgan fingerprint density at radius 3 is 2.21 bits per heavy atom. The van der Waals surface area contributed by atoms with Gasteiger partial charge in [0.1, 0.15) is 0 Å². The van der Waals surface area contributed by atoms with E-state index in [2.05, 4.69) is 26.5 Å². The SMILES string of the molecule is C=C(C)CC(C)(C)C=C(C)C(=O)CC. The number of hydrogen-bond donors (Lipinski definition) is 0. The summed E-state index contributed by atoms with van der Waals surface area (Å²) in [7, 11) is 0. The van der Waals surface area contributed by atoms with Crippen LogP contribution in [-0.4, -0.2) is 5.78 Å². The predicted molar refractivity (Wildman–Crippen MR) is 62.3 cm³/mol. The summed E-state index contributed by atoms with van der Waals surface area (Å²) in [4.78, 5) is 11.4. The van der Waals surface area contributed by atoms with Gasteiger partial charge in [-0.1, -0.05) is 32.4 Å². The van der Waals surface area contributed by atoms with E-state index in [1.165, 1.54) is 0 Å². The summed E-state index contributed by atoms with van der Waals surface area (Å²) in [5.41, 5.74) is 2.07. The Morgan fingerprint density at radius 1 is 1.36 bits per heavy atom. The van der Waals surface area contributed by atoms with Crippen LogP contribution < -0.4 is 0 Å². The first-order valence-electron chi connectivity index (χ1n) is 5.15. The van der Waals surface area contributed by atoms with Crippen LogP contribution >= 0.6 is 0 Å². The van der Waals surface area contributed by atoms with Crippen LogP contribution in [0, 0.1) is 5.41 Å². The van der Waals surface area contributed by atoms with E-state index in [0.29, 0.717) is 6.42 Å². The van der Waals surface area contributed by atoms with Gasteiger partial charge in [0.25, 0.3) is 0 Å². The zero-order chi connectivity index (χ0) is 11.4. The van der Waals surface area contributed by atoms with Crippen molar-refractivity contribution in [2.45, 2.75) is 47.5 Å². The lowest BCUT2D eigenvalue weighted by Gasteiger charge is -2.21. The van der Waals surface area contributed by atoms with Gasteiger partial charge in [0.2, 0.25) is 0 Å². The minimum atomic E-state index is 0.0424. The zero-order valence-corrected chi connectivity index (χ0v) is 10.1. The van der Waals surface area contributed by atoms with Crippen molar-refractivity contribution in [3.05, 3.63) is 23.8 Å². The highest BCUT2D eigenvalue weighted by Crippen LogP contribution is 2.27. The fraction of sp³-hybridized carbons (Fsp3) is 0.615. The van der Waals surface area contributed by atoms with Gasteiger partial charge in [-0.2, -0.15) is 0 Å². The lowest BCUT2D eigenvalue weighted by Crippen LogP contribution is -2.10. The maximum absolute atomic E-state index is 11.4. The number of carbonyl (C=O) groups excluding carboxylic acids is 1. The minimum absolute atomic E-state index is 0.0424. The summed E-state index contributed by atoms with van der Waals surface area (Å²) >= 11 is 0. The first kappa shape index (κ1) is 13.2. The maximum Gasteiger partial charge on any atom is 0.158 e. The minimum Gasteiger partial charge on any atom is -0.295 e. The number of hydrogen-bond acceptors (Lipinski definition) is 1. The lowest BCUT2D eigenvalue weighted by atomic mass is 9.84. The molecular formula is C13H22O.